The molecule has 8 heteroatoms. The third-order valence-corrected chi connectivity index (χ3v) is 4.12. The number of nitrogen functional groups attached to an aromatic ring is 1. The second-order valence-corrected chi connectivity index (χ2v) is 6.51. The molecule has 0 saturated heterocycles. The summed E-state index contributed by atoms with van der Waals surface area (Å²) in [5.41, 5.74) is 7.22. The van der Waals surface area contributed by atoms with Gasteiger partial charge in [-0.1, -0.05) is 0 Å². The number of amides is 1. The van der Waals surface area contributed by atoms with Crippen LogP contribution in [-0.2, 0) is 14.8 Å². The van der Waals surface area contributed by atoms with Crippen LogP contribution in [0.3, 0.4) is 0 Å². The van der Waals surface area contributed by atoms with Gasteiger partial charge >= 0.3 is 0 Å². The first kappa shape index (κ1) is 15.4. The maximum absolute atomic E-state index is 12.0. The number of carbonyl (C=O) groups excluding carboxylic acids is 1. The van der Waals surface area contributed by atoms with Gasteiger partial charge in [0.05, 0.1) is 10.3 Å². The topological polar surface area (TPSA) is 127 Å². The van der Waals surface area contributed by atoms with Crippen molar-refractivity contribution in [3.63, 3.8) is 0 Å². The van der Waals surface area contributed by atoms with Crippen LogP contribution in [0.15, 0.2) is 29.2 Å². The number of nitrogens with two attached hydrogens (primary N) is 2. The van der Waals surface area contributed by atoms with E-state index in [1.165, 1.54) is 24.3 Å². The number of hydrogen-bond donors (Lipinski definition) is 4. The molecule has 0 unspecified atom stereocenters. The van der Waals surface area contributed by atoms with E-state index in [0.717, 1.165) is 0 Å². The molecule has 0 atom stereocenters. The van der Waals surface area contributed by atoms with Crippen LogP contribution in [0.1, 0.15) is 13.8 Å². The third-order valence-electron chi connectivity index (χ3n) is 2.70. The fourth-order valence-electron chi connectivity index (χ4n) is 1.18. The van der Waals surface area contributed by atoms with Gasteiger partial charge in [-0.25, -0.2) is 13.1 Å². The van der Waals surface area contributed by atoms with E-state index >= 15 is 0 Å². The number of hydrogen-bond acceptors (Lipinski definition) is 5. The minimum Gasteiger partial charge on any atom is -0.369 e. The van der Waals surface area contributed by atoms with Crippen LogP contribution < -0.4 is 21.7 Å². The molecule has 1 amide bonds. The lowest BCUT2D eigenvalue weighted by atomic mass is 9.93. The Morgan fingerprint density at radius 3 is 2.21 bits per heavy atom. The van der Waals surface area contributed by atoms with E-state index in [1.807, 2.05) is 0 Å². The van der Waals surface area contributed by atoms with Crippen LogP contribution in [0.25, 0.3) is 0 Å². The van der Waals surface area contributed by atoms with Crippen molar-refractivity contribution in [2.24, 2.45) is 17.0 Å². The van der Waals surface area contributed by atoms with Crippen molar-refractivity contribution in [2.75, 3.05) is 12.0 Å². The first-order valence-corrected chi connectivity index (χ1v) is 7.03. The van der Waals surface area contributed by atoms with Gasteiger partial charge in [-0.15, -0.1) is 0 Å². The van der Waals surface area contributed by atoms with Gasteiger partial charge in [-0.05, 0) is 38.1 Å². The summed E-state index contributed by atoms with van der Waals surface area (Å²) < 4.78 is 26.3. The number of rotatable bonds is 6. The molecular weight excluding hydrogens is 268 g/mol. The lowest BCUT2D eigenvalue weighted by Crippen LogP contribution is -2.42. The quantitative estimate of drug-likeness (QED) is 0.424. The standard InChI is InChI=1S/C11H18N4O3S/c1-11(2,10(12)16)7-14-19(17,18)9-5-3-8(15-13)4-6-9/h3-6,14-15H,7,13H2,1-2H3,(H2,12,16). The van der Waals surface area contributed by atoms with E-state index in [-0.39, 0.29) is 11.4 Å². The molecule has 0 aliphatic carbocycles. The Kier molecular flexibility index (Phi) is 4.51. The maximum Gasteiger partial charge on any atom is 0.240 e. The zero-order valence-electron chi connectivity index (χ0n) is 10.8. The molecular formula is C11H18N4O3S. The first-order chi connectivity index (χ1) is 8.69. The largest absolute Gasteiger partial charge is 0.369 e. The Hall–Kier alpha value is -1.64. The van der Waals surface area contributed by atoms with Gasteiger partial charge in [0.15, 0.2) is 0 Å². The Morgan fingerprint density at radius 2 is 1.79 bits per heavy atom. The van der Waals surface area contributed by atoms with Crippen molar-refractivity contribution in [3.8, 4) is 0 Å². The van der Waals surface area contributed by atoms with E-state index in [9.17, 15) is 13.2 Å². The Labute approximate surface area is 112 Å². The molecule has 1 aromatic rings. The zero-order valence-corrected chi connectivity index (χ0v) is 11.6. The summed E-state index contributed by atoms with van der Waals surface area (Å²) >= 11 is 0. The second-order valence-electron chi connectivity index (χ2n) is 4.74. The molecule has 0 aliphatic heterocycles. The fourth-order valence-corrected chi connectivity index (χ4v) is 2.39. The zero-order chi connectivity index (χ0) is 14.7. The maximum atomic E-state index is 12.0. The monoisotopic (exact) mass is 286 g/mol. The van der Waals surface area contributed by atoms with Crippen molar-refractivity contribution >= 4 is 21.6 Å². The molecule has 0 aliphatic rings. The highest BCUT2D eigenvalue weighted by atomic mass is 32.2. The molecule has 0 spiro atoms. The van der Waals surface area contributed by atoms with Gasteiger partial charge in [0, 0.05) is 12.2 Å². The van der Waals surface area contributed by atoms with E-state index < -0.39 is 21.3 Å². The summed E-state index contributed by atoms with van der Waals surface area (Å²) in [6, 6.07) is 5.89. The molecule has 1 aromatic carbocycles. The van der Waals surface area contributed by atoms with Crippen molar-refractivity contribution in [2.45, 2.75) is 18.7 Å². The molecule has 0 radical (unpaired) electrons. The van der Waals surface area contributed by atoms with Gasteiger partial charge in [0.25, 0.3) is 0 Å². The molecule has 19 heavy (non-hydrogen) atoms. The van der Waals surface area contributed by atoms with Gasteiger partial charge in [-0.3, -0.25) is 10.6 Å². The molecule has 6 N–H and O–H groups in total. The number of primary amides is 1. The SMILES string of the molecule is CC(C)(CNS(=O)(=O)c1ccc(NN)cc1)C(N)=O. The molecule has 106 valence electrons. The lowest BCUT2D eigenvalue weighted by Gasteiger charge is -2.20. The molecule has 0 aromatic heterocycles. The Balaban J connectivity index is 2.84. The number of benzene rings is 1. The summed E-state index contributed by atoms with van der Waals surface area (Å²) in [6.45, 7) is 3.07. The predicted octanol–water partition coefficient (Wildman–Crippen LogP) is -0.238. The van der Waals surface area contributed by atoms with Crippen molar-refractivity contribution in [1.29, 1.82) is 0 Å². The van der Waals surface area contributed by atoms with E-state index in [4.69, 9.17) is 11.6 Å². The van der Waals surface area contributed by atoms with Crippen molar-refractivity contribution in [3.05, 3.63) is 24.3 Å². The van der Waals surface area contributed by atoms with Crippen LogP contribution in [0, 0.1) is 5.41 Å². The van der Waals surface area contributed by atoms with Gasteiger partial charge in [-0.2, -0.15) is 0 Å². The smallest absolute Gasteiger partial charge is 0.240 e. The van der Waals surface area contributed by atoms with Gasteiger partial charge < -0.3 is 11.2 Å². The van der Waals surface area contributed by atoms with Crippen LogP contribution in [0.2, 0.25) is 0 Å². The number of anilines is 1. The predicted molar refractivity (Wildman–Crippen MR) is 72.4 cm³/mol. The highest BCUT2D eigenvalue weighted by Gasteiger charge is 2.27. The summed E-state index contributed by atoms with van der Waals surface area (Å²) in [7, 11) is -3.68. The summed E-state index contributed by atoms with van der Waals surface area (Å²) in [6.07, 6.45) is 0. The van der Waals surface area contributed by atoms with Crippen LogP contribution in [0.5, 0.6) is 0 Å². The highest BCUT2D eigenvalue weighted by molar-refractivity contribution is 7.89. The number of nitrogens with one attached hydrogen (secondary N) is 2. The normalized spacial score (nSPS) is 12.2. The van der Waals surface area contributed by atoms with Crippen LogP contribution in [0.4, 0.5) is 5.69 Å². The number of sulfonamides is 1. The average molecular weight is 286 g/mol. The van der Waals surface area contributed by atoms with Crippen molar-refractivity contribution < 1.29 is 13.2 Å². The molecule has 0 heterocycles. The Morgan fingerprint density at radius 1 is 1.26 bits per heavy atom. The number of hydrazine groups is 1. The summed E-state index contributed by atoms with van der Waals surface area (Å²) in [4.78, 5) is 11.2. The van der Waals surface area contributed by atoms with Crippen LogP contribution in [-0.4, -0.2) is 20.9 Å². The molecule has 0 saturated carbocycles. The molecule has 7 nitrogen and oxygen atoms in total. The highest BCUT2D eigenvalue weighted by Crippen LogP contribution is 2.16. The van der Waals surface area contributed by atoms with Gasteiger partial charge in [0.1, 0.15) is 0 Å². The Bertz CT molecular complexity index is 552. The molecule has 0 bridgehead atoms. The minimum atomic E-state index is -3.68. The molecule has 1 rings (SSSR count). The van der Waals surface area contributed by atoms with E-state index in [2.05, 4.69) is 10.1 Å². The summed E-state index contributed by atoms with van der Waals surface area (Å²) in [5.74, 6) is 4.62. The lowest BCUT2D eigenvalue weighted by molar-refractivity contribution is -0.125. The minimum absolute atomic E-state index is 0.0679. The molecule has 0 fully saturated rings. The summed E-state index contributed by atoms with van der Waals surface area (Å²) in [5, 5.41) is 0. The van der Waals surface area contributed by atoms with E-state index in [1.54, 1.807) is 13.8 Å². The van der Waals surface area contributed by atoms with Crippen LogP contribution >= 0.6 is 0 Å². The van der Waals surface area contributed by atoms with Crippen molar-refractivity contribution in [1.82, 2.24) is 4.72 Å². The van der Waals surface area contributed by atoms with E-state index in [0.29, 0.717) is 5.69 Å². The average Bonchev–Trinajstić information content (AvgIpc) is 2.36. The van der Waals surface area contributed by atoms with Gasteiger partial charge in [0.2, 0.25) is 15.9 Å². The third kappa shape index (κ3) is 3.91. The fraction of sp³-hybridized carbons (Fsp3) is 0.364. The first-order valence-electron chi connectivity index (χ1n) is 5.55. The second kappa shape index (κ2) is 5.55. The number of carbonyl (C=O) groups is 1.